The molecule has 6 heteroatoms. The maximum Gasteiger partial charge on any atom is 0.191 e. The summed E-state index contributed by atoms with van der Waals surface area (Å²) in [6.07, 6.45) is 5.47. The van der Waals surface area contributed by atoms with Gasteiger partial charge in [0.1, 0.15) is 5.82 Å². The van der Waals surface area contributed by atoms with Crippen molar-refractivity contribution in [2.75, 3.05) is 25.0 Å². The molecule has 0 unspecified atom stereocenters. The minimum atomic E-state index is 0. The van der Waals surface area contributed by atoms with Crippen molar-refractivity contribution in [2.45, 2.75) is 39.3 Å². The maximum atomic E-state index is 4.52. The van der Waals surface area contributed by atoms with Crippen LogP contribution in [0.3, 0.4) is 0 Å². The number of rotatable bonds is 6. The Hall–Kier alpha value is -1.83. The number of halogens is 1. The molecule has 3 rings (SSSR count). The number of hydrogen-bond acceptors (Lipinski definition) is 3. The maximum absolute atomic E-state index is 4.52. The van der Waals surface area contributed by atoms with Crippen LogP contribution in [-0.4, -0.2) is 31.1 Å². The standard InChI is InChI=1S/C21H29N5.HI/c1-3-18-8-4-5-9-19(18)16-25-21(22-2)24-15-17-10-11-23-20(14-17)26-12-6-7-13-26;/h4-5,8-11,14H,3,6-7,12-13,15-16H2,1-2H3,(H2,22,24,25);1H. The number of anilines is 1. The minimum Gasteiger partial charge on any atom is -0.357 e. The van der Waals surface area contributed by atoms with Crippen LogP contribution in [0.2, 0.25) is 0 Å². The summed E-state index contributed by atoms with van der Waals surface area (Å²) in [6, 6.07) is 12.8. The fourth-order valence-electron chi connectivity index (χ4n) is 3.35. The quantitative estimate of drug-likeness (QED) is 0.377. The first-order valence-corrected chi connectivity index (χ1v) is 9.51. The summed E-state index contributed by atoms with van der Waals surface area (Å²) in [4.78, 5) is 11.2. The largest absolute Gasteiger partial charge is 0.357 e. The molecule has 2 heterocycles. The summed E-state index contributed by atoms with van der Waals surface area (Å²) in [6.45, 7) is 5.93. The topological polar surface area (TPSA) is 52.6 Å². The van der Waals surface area contributed by atoms with Gasteiger partial charge in [0.25, 0.3) is 0 Å². The van der Waals surface area contributed by atoms with E-state index in [0.717, 1.165) is 44.4 Å². The van der Waals surface area contributed by atoms with Gasteiger partial charge < -0.3 is 15.5 Å². The van der Waals surface area contributed by atoms with E-state index in [0.29, 0.717) is 0 Å². The smallest absolute Gasteiger partial charge is 0.191 e. The molecule has 1 aliphatic heterocycles. The van der Waals surface area contributed by atoms with E-state index in [1.807, 2.05) is 13.2 Å². The Morgan fingerprint density at radius 2 is 1.78 bits per heavy atom. The van der Waals surface area contributed by atoms with Gasteiger partial charge in [-0.05, 0) is 48.1 Å². The third-order valence-electron chi connectivity index (χ3n) is 4.87. The first-order valence-electron chi connectivity index (χ1n) is 9.51. The highest BCUT2D eigenvalue weighted by Crippen LogP contribution is 2.18. The van der Waals surface area contributed by atoms with Crippen molar-refractivity contribution in [3.8, 4) is 0 Å². The van der Waals surface area contributed by atoms with Crippen LogP contribution in [0, 0.1) is 0 Å². The molecule has 1 fully saturated rings. The Balaban J connectivity index is 0.00000261. The molecule has 0 radical (unpaired) electrons. The van der Waals surface area contributed by atoms with E-state index in [9.17, 15) is 0 Å². The Morgan fingerprint density at radius 1 is 1.07 bits per heavy atom. The second-order valence-electron chi connectivity index (χ2n) is 6.62. The lowest BCUT2D eigenvalue weighted by Crippen LogP contribution is -2.36. The number of benzene rings is 1. The fourth-order valence-corrected chi connectivity index (χ4v) is 3.35. The highest BCUT2D eigenvalue weighted by atomic mass is 127. The summed E-state index contributed by atoms with van der Waals surface area (Å²) < 4.78 is 0. The molecule has 0 aliphatic carbocycles. The van der Waals surface area contributed by atoms with Gasteiger partial charge in [0.15, 0.2) is 5.96 Å². The van der Waals surface area contributed by atoms with Crippen molar-refractivity contribution in [3.05, 3.63) is 59.3 Å². The van der Waals surface area contributed by atoms with E-state index in [1.165, 1.54) is 29.5 Å². The van der Waals surface area contributed by atoms with Crippen LogP contribution in [-0.2, 0) is 19.5 Å². The number of guanidine groups is 1. The summed E-state index contributed by atoms with van der Waals surface area (Å²) in [5.41, 5.74) is 3.91. The first-order chi connectivity index (χ1) is 12.8. The van der Waals surface area contributed by atoms with Crippen molar-refractivity contribution in [1.29, 1.82) is 0 Å². The number of nitrogens with one attached hydrogen (secondary N) is 2. The van der Waals surface area contributed by atoms with Crippen molar-refractivity contribution < 1.29 is 0 Å². The molecule has 1 saturated heterocycles. The average molecular weight is 479 g/mol. The summed E-state index contributed by atoms with van der Waals surface area (Å²) in [5.74, 6) is 1.90. The van der Waals surface area contributed by atoms with Crippen molar-refractivity contribution in [3.63, 3.8) is 0 Å². The van der Waals surface area contributed by atoms with Crippen LogP contribution in [0.1, 0.15) is 36.5 Å². The molecule has 1 aromatic carbocycles. The molecule has 2 aromatic rings. The Morgan fingerprint density at radius 3 is 2.48 bits per heavy atom. The van der Waals surface area contributed by atoms with Crippen molar-refractivity contribution in [2.24, 2.45) is 4.99 Å². The van der Waals surface area contributed by atoms with Crippen LogP contribution in [0.5, 0.6) is 0 Å². The van der Waals surface area contributed by atoms with E-state index in [4.69, 9.17) is 0 Å². The van der Waals surface area contributed by atoms with E-state index >= 15 is 0 Å². The number of aromatic nitrogens is 1. The second kappa shape index (κ2) is 11.1. The highest BCUT2D eigenvalue weighted by molar-refractivity contribution is 14.0. The highest BCUT2D eigenvalue weighted by Gasteiger charge is 2.13. The second-order valence-corrected chi connectivity index (χ2v) is 6.62. The molecule has 0 amide bonds. The third kappa shape index (κ3) is 6.09. The Bertz CT molecular complexity index is 741. The SMILES string of the molecule is CCc1ccccc1CNC(=NC)NCc1ccnc(N2CCCC2)c1.I. The number of pyridine rings is 1. The summed E-state index contributed by atoms with van der Waals surface area (Å²) >= 11 is 0. The molecule has 0 saturated carbocycles. The molecule has 146 valence electrons. The first kappa shape index (κ1) is 21.5. The van der Waals surface area contributed by atoms with Crippen molar-refractivity contribution >= 4 is 35.8 Å². The summed E-state index contributed by atoms with van der Waals surface area (Å²) in [5, 5.41) is 6.82. The molecule has 1 aliphatic rings. The van der Waals surface area contributed by atoms with Crippen molar-refractivity contribution in [1.82, 2.24) is 15.6 Å². The van der Waals surface area contributed by atoms with Crippen LogP contribution in [0.4, 0.5) is 5.82 Å². The predicted molar refractivity (Wildman–Crippen MR) is 124 cm³/mol. The minimum absolute atomic E-state index is 0. The zero-order valence-electron chi connectivity index (χ0n) is 16.2. The van der Waals surface area contributed by atoms with Crippen LogP contribution in [0.15, 0.2) is 47.6 Å². The third-order valence-corrected chi connectivity index (χ3v) is 4.87. The molecule has 0 spiro atoms. The van der Waals surface area contributed by atoms with Crippen LogP contribution < -0.4 is 15.5 Å². The molecule has 5 nitrogen and oxygen atoms in total. The van der Waals surface area contributed by atoms with Gasteiger partial charge >= 0.3 is 0 Å². The monoisotopic (exact) mass is 479 g/mol. The van der Waals surface area contributed by atoms with Gasteiger partial charge in [0, 0.05) is 39.4 Å². The van der Waals surface area contributed by atoms with E-state index < -0.39 is 0 Å². The molecule has 2 N–H and O–H groups in total. The van der Waals surface area contributed by atoms with E-state index in [-0.39, 0.29) is 24.0 Å². The predicted octanol–water partition coefficient (Wildman–Crippen LogP) is 3.73. The van der Waals surface area contributed by atoms with Gasteiger partial charge in [-0.2, -0.15) is 0 Å². The van der Waals surface area contributed by atoms with Crippen LogP contribution >= 0.6 is 24.0 Å². The van der Waals surface area contributed by atoms with Gasteiger partial charge in [-0.1, -0.05) is 31.2 Å². The normalized spacial score (nSPS) is 14.0. The average Bonchev–Trinajstić information content (AvgIpc) is 3.23. The zero-order chi connectivity index (χ0) is 18.2. The van der Waals surface area contributed by atoms with Gasteiger partial charge in [-0.25, -0.2) is 4.98 Å². The molecular formula is C21H30IN5. The number of aryl methyl sites for hydroxylation is 1. The lowest BCUT2D eigenvalue weighted by atomic mass is 10.1. The fraction of sp³-hybridized carbons (Fsp3) is 0.429. The van der Waals surface area contributed by atoms with Gasteiger partial charge in [0.05, 0.1) is 0 Å². The molecule has 0 atom stereocenters. The van der Waals surface area contributed by atoms with Crippen LogP contribution in [0.25, 0.3) is 0 Å². The zero-order valence-corrected chi connectivity index (χ0v) is 18.6. The Labute approximate surface area is 179 Å². The van der Waals surface area contributed by atoms with E-state index in [2.05, 4.69) is 68.8 Å². The lowest BCUT2D eigenvalue weighted by Gasteiger charge is -2.17. The summed E-state index contributed by atoms with van der Waals surface area (Å²) in [7, 11) is 1.81. The molecule has 1 aromatic heterocycles. The molecule has 0 bridgehead atoms. The number of hydrogen-bond donors (Lipinski definition) is 2. The number of aliphatic imine (C=N–C) groups is 1. The van der Waals surface area contributed by atoms with Gasteiger partial charge in [-0.15, -0.1) is 24.0 Å². The lowest BCUT2D eigenvalue weighted by molar-refractivity contribution is 0.801. The van der Waals surface area contributed by atoms with E-state index in [1.54, 1.807) is 0 Å². The molecular weight excluding hydrogens is 449 g/mol. The number of nitrogens with zero attached hydrogens (tertiary/aromatic N) is 3. The van der Waals surface area contributed by atoms with Gasteiger partial charge in [0.2, 0.25) is 0 Å². The van der Waals surface area contributed by atoms with Gasteiger partial charge in [-0.3, -0.25) is 4.99 Å². The molecule has 27 heavy (non-hydrogen) atoms. The Kier molecular flexibility index (Phi) is 8.84.